The average Bonchev–Trinajstić information content (AvgIpc) is 3.11. The van der Waals surface area contributed by atoms with E-state index in [4.69, 9.17) is 0 Å². The average molecular weight is 307 g/mol. The first kappa shape index (κ1) is 14.7. The lowest BCUT2D eigenvalue weighted by molar-refractivity contribution is 0.778. The molecule has 0 unspecified atom stereocenters. The Balaban J connectivity index is 0.00000147. The van der Waals surface area contributed by atoms with Crippen molar-refractivity contribution in [2.45, 2.75) is 11.4 Å². The summed E-state index contributed by atoms with van der Waals surface area (Å²) in [4.78, 5) is 9.71. The van der Waals surface area contributed by atoms with E-state index in [2.05, 4.69) is 46.7 Å². The van der Waals surface area contributed by atoms with Gasteiger partial charge in [-0.25, -0.2) is 9.97 Å². The molecule has 0 aliphatic rings. The van der Waals surface area contributed by atoms with Crippen LogP contribution in [0, 0.1) is 0 Å². The number of thioether (sulfide) groups is 1. The first-order chi connectivity index (χ1) is 9.35. The van der Waals surface area contributed by atoms with Gasteiger partial charge in [0.2, 0.25) is 0 Å². The Kier molecular flexibility index (Phi) is 4.87. The van der Waals surface area contributed by atoms with Crippen molar-refractivity contribution in [3.63, 3.8) is 0 Å². The molecule has 2 aromatic heterocycles. The molecule has 0 amide bonds. The molecule has 4 nitrogen and oxygen atoms in total. The zero-order valence-electron chi connectivity index (χ0n) is 11.0. The highest BCUT2D eigenvalue weighted by Gasteiger charge is 2.02. The van der Waals surface area contributed by atoms with Crippen LogP contribution in [0.3, 0.4) is 0 Å². The number of rotatable bonds is 4. The Labute approximate surface area is 128 Å². The van der Waals surface area contributed by atoms with Crippen LogP contribution in [0.25, 0.3) is 5.69 Å². The summed E-state index contributed by atoms with van der Waals surface area (Å²) in [5.41, 5.74) is 2.16. The van der Waals surface area contributed by atoms with Crippen LogP contribution in [0.5, 0.6) is 0 Å². The maximum absolute atomic E-state index is 4.43. The van der Waals surface area contributed by atoms with Crippen molar-refractivity contribution < 1.29 is 0 Å². The van der Waals surface area contributed by atoms with Crippen LogP contribution in [0.15, 0.2) is 60.4 Å². The molecule has 0 atom stereocenters. The normalized spacial score (nSPS) is 10.2. The number of halogens is 1. The maximum atomic E-state index is 4.43. The molecule has 0 N–H and O–H groups in total. The van der Waals surface area contributed by atoms with Crippen molar-refractivity contribution in [1.29, 1.82) is 0 Å². The van der Waals surface area contributed by atoms with E-state index in [-0.39, 0.29) is 12.4 Å². The predicted octanol–water partition coefficient (Wildman–Crippen LogP) is 3.26. The first-order valence-corrected chi connectivity index (χ1v) is 7.20. The first-order valence-electron chi connectivity index (χ1n) is 5.98. The fourth-order valence-electron chi connectivity index (χ4n) is 1.92. The Bertz CT molecular complexity index is 663. The van der Waals surface area contributed by atoms with E-state index in [1.165, 1.54) is 4.90 Å². The molecule has 0 bridgehead atoms. The second kappa shape index (κ2) is 6.63. The van der Waals surface area contributed by atoms with E-state index >= 15 is 0 Å². The predicted molar refractivity (Wildman–Crippen MR) is 83.9 cm³/mol. The zero-order chi connectivity index (χ0) is 13.1. The van der Waals surface area contributed by atoms with Crippen molar-refractivity contribution >= 4 is 24.2 Å². The minimum atomic E-state index is 0. The smallest absolute Gasteiger partial charge is 0.0996 e. The summed E-state index contributed by atoms with van der Waals surface area (Å²) in [6.07, 6.45) is 11.5. The molecule has 3 aromatic rings. The Morgan fingerprint density at radius 2 is 2.15 bits per heavy atom. The maximum Gasteiger partial charge on any atom is 0.0996 e. The minimum Gasteiger partial charge on any atom is -0.331 e. The largest absolute Gasteiger partial charge is 0.331 e. The lowest BCUT2D eigenvalue weighted by Gasteiger charge is -2.03. The minimum absolute atomic E-state index is 0. The van der Waals surface area contributed by atoms with E-state index in [1.54, 1.807) is 24.3 Å². The molecular formula is C14H15ClN4S. The van der Waals surface area contributed by atoms with Gasteiger partial charge in [0.25, 0.3) is 0 Å². The van der Waals surface area contributed by atoms with Gasteiger partial charge >= 0.3 is 0 Å². The summed E-state index contributed by atoms with van der Waals surface area (Å²) in [5.74, 6) is 0. The molecule has 0 radical (unpaired) electrons. The van der Waals surface area contributed by atoms with Gasteiger partial charge in [-0.2, -0.15) is 0 Å². The van der Waals surface area contributed by atoms with Gasteiger partial charge in [-0.3, -0.25) is 0 Å². The topological polar surface area (TPSA) is 35.6 Å². The number of aromatic nitrogens is 4. The molecule has 0 saturated heterocycles. The SMILES string of the molecule is CSc1cccc(-n2cnc(Cn3ccnc3)c2)c1.Cl. The molecule has 2 heterocycles. The van der Waals surface area contributed by atoms with Gasteiger partial charge < -0.3 is 9.13 Å². The Hall–Kier alpha value is -1.72. The lowest BCUT2D eigenvalue weighted by Crippen LogP contribution is -1.96. The van der Waals surface area contributed by atoms with Crippen LogP contribution in [-0.4, -0.2) is 25.4 Å². The second-order valence-electron chi connectivity index (χ2n) is 4.21. The number of hydrogen-bond acceptors (Lipinski definition) is 3. The van der Waals surface area contributed by atoms with E-state index < -0.39 is 0 Å². The van der Waals surface area contributed by atoms with Crippen LogP contribution < -0.4 is 0 Å². The van der Waals surface area contributed by atoms with Gasteiger partial charge in [-0.05, 0) is 24.5 Å². The Morgan fingerprint density at radius 3 is 2.90 bits per heavy atom. The van der Waals surface area contributed by atoms with E-state index in [0.717, 1.165) is 17.9 Å². The van der Waals surface area contributed by atoms with Gasteiger partial charge in [0.15, 0.2) is 0 Å². The van der Waals surface area contributed by atoms with Crippen molar-refractivity contribution in [2.75, 3.05) is 6.26 Å². The number of benzene rings is 1. The van der Waals surface area contributed by atoms with Crippen molar-refractivity contribution in [1.82, 2.24) is 19.1 Å². The van der Waals surface area contributed by atoms with Crippen LogP contribution >= 0.6 is 24.2 Å². The summed E-state index contributed by atoms with van der Waals surface area (Å²) in [6.45, 7) is 0.745. The van der Waals surface area contributed by atoms with Crippen molar-refractivity contribution in [3.8, 4) is 5.69 Å². The molecule has 1 aromatic carbocycles. The summed E-state index contributed by atoms with van der Waals surface area (Å²) < 4.78 is 4.05. The van der Waals surface area contributed by atoms with E-state index in [0.29, 0.717) is 0 Å². The van der Waals surface area contributed by atoms with Crippen LogP contribution in [0.1, 0.15) is 5.69 Å². The van der Waals surface area contributed by atoms with Gasteiger partial charge in [-0.15, -0.1) is 24.2 Å². The molecule has 104 valence electrons. The lowest BCUT2D eigenvalue weighted by atomic mass is 10.3. The molecular weight excluding hydrogens is 292 g/mol. The van der Waals surface area contributed by atoms with Crippen molar-refractivity contribution in [2.24, 2.45) is 0 Å². The highest BCUT2D eigenvalue weighted by atomic mass is 35.5. The standard InChI is InChI=1S/C14H14N4S.ClH/c1-19-14-4-2-3-13(7-14)18-9-12(16-11-18)8-17-6-5-15-10-17;/h2-7,9-11H,8H2,1H3;1H. The summed E-state index contributed by atoms with van der Waals surface area (Å²) in [6, 6.07) is 8.42. The molecule has 0 saturated carbocycles. The van der Waals surface area contributed by atoms with E-state index in [1.807, 2.05) is 21.7 Å². The third-order valence-electron chi connectivity index (χ3n) is 2.89. The molecule has 20 heavy (non-hydrogen) atoms. The number of imidazole rings is 2. The molecule has 0 aliphatic carbocycles. The molecule has 0 aliphatic heterocycles. The highest BCUT2D eigenvalue weighted by molar-refractivity contribution is 7.98. The second-order valence-corrected chi connectivity index (χ2v) is 5.09. The molecule has 6 heteroatoms. The third-order valence-corrected chi connectivity index (χ3v) is 3.62. The third kappa shape index (κ3) is 3.23. The van der Waals surface area contributed by atoms with E-state index in [9.17, 15) is 0 Å². The summed E-state index contributed by atoms with van der Waals surface area (Å²) >= 11 is 1.74. The van der Waals surface area contributed by atoms with Crippen molar-refractivity contribution in [3.05, 3.63) is 61.2 Å². The van der Waals surface area contributed by atoms with Gasteiger partial charge in [-0.1, -0.05) is 6.07 Å². The molecule has 0 fully saturated rings. The quantitative estimate of drug-likeness (QED) is 0.694. The van der Waals surface area contributed by atoms with Crippen LogP contribution in [0.4, 0.5) is 0 Å². The number of hydrogen-bond donors (Lipinski definition) is 0. The van der Waals surface area contributed by atoms with Gasteiger partial charge in [0.05, 0.1) is 24.9 Å². The fraction of sp³-hybridized carbons (Fsp3) is 0.143. The Morgan fingerprint density at radius 1 is 1.25 bits per heavy atom. The van der Waals surface area contributed by atoms with Crippen LogP contribution in [-0.2, 0) is 6.54 Å². The monoisotopic (exact) mass is 306 g/mol. The molecule has 0 spiro atoms. The summed E-state index contributed by atoms with van der Waals surface area (Å²) in [5, 5.41) is 0. The zero-order valence-corrected chi connectivity index (χ0v) is 12.6. The van der Waals surface area contributed by atoms with Crippen LogP contribution in [0.2, 0.25) is 0 Å². The fourth-order valence-corrected chi connectivity index (χ4v) is 2.38. The van der Waals surface area contributed by atoms with Gasteiger partial charge in [0, 0.05) is 29.2 Å². The number of nitrogens with zero attached hydrogens (tertiary/aromatic N) is 4. The van der Waals surface area contributed by atoms with Gasteiger partial charge in [0.1, 0.15) is 0 Å². The summed E-state index contributed by atoms with van der Waals surface area (Å²) in [7, 11) is 0. The highest BCUT2D eigenvalue weighted by Crippen LogP contribution is 2.18. The molecule has 3 rings (SSSR count).